The van der Waals surface area contributed by atoms with Gasteiger partial charge in [0.15, 0.2) is 0 Å². The van der Waals surface area contributed by atoms with E-state index in [9.17, 15) is 9.59 Å². The van der Waals surface area contributed by atoms with Crippen LogP contribution in [0.4, 0.5) is 5.69 Å². The number of carbonyl (C=O) groups excluding carboxylic acids is 2. The van der Waals surface area contributed by atoms with Crippen molar-refractivity contribution in [3.8, 4) is 5.75 Å². The molecule has 1 heterocycles. The first-order chi connectivity index (χ1) is 12.0. The van der Waals surface area contributed by atoms with Crippen LogP contribution in [0.15, 0.2) is 24.3 Å². The Balaban J connectivity index is 1.56. The predicted octanol–water partition coefficient (Wildman–Crippen LogP) is 3.31. The zero-order valence-electron chi connectivity index (χ0n) is 15.3. The van der Waals surface area contributed by atoms with Crippen LogP contribution in [0, 0.1) is 17.8 Å². The predicted molar refractivity (Wildman–Crippen MR) is 97.4 cm³/mol. The third kappa shape index (κ3) is 4.33. The summed E-state index contributed by atoms with van der Waals surface area (Å²) >= 11 is 0. The molecule has 1 N–H and O–H groups in total. The molecule has 136 valence electrons. The first-order valence-electron chi connectivity index (χ1n) is 9.31. The third-order valence-corrected chi connectivity index (χ3v) is 5.05. The van der Waals surface area contributed by atoms with Crippen LogP contribution >= 0.6 is 0 Å². The fourth-order valence-electron chi connectivity index (χ4n) is 3.37. The van der Waals surface area contributed by atoms with Crippen molar-refractivity contribution < 1.29 is 14.3 Å². The second kappa shape index (κ2) is 7.46. The Morgan fingerprint density at radius 2 is 1.84 bits per heavy atom. The van der Waals surface area contributed by atoms with Gasteiger partial charge in [0.2, 0.25) is 11.8 Å². The molecule has 2 atom stereocenters. The Morgan fingerprint density at radius 3 is 2.52 bits per heavy atom. The van der Waals surface area contributed by atoms with Gasteiger partial charge < -0.3 is 15.0 Å². The topological polar surface area (TPSA) is 58.6 Å². The molecular formula is C20H28N2O3. The highest BCUT2D eigenvalue weighted by molar-refractivity contribution is 6.00. The smallest absolute Gasteiger partial charge is 0.228 e. The molecule has 0 bridgehead atoms. The van der Waals surface area contributed by atoms with E-state index in [2.05, 4.69) is 12.2 Å². The van der Waals surface area contributed by atoms with Crippen molar-refractivity contribution in [1.82, 2.24) is 4.90 Å². The van der Waals surface area contributed by atoms with Crippen LogP contribution < -0.4 is 10.1 Å². The summed E-state index contributed by atoms with van der Waals surface area (Å²) < 4.78 is 5.74. The van der Waals surface area contributed by atoms with E-state index in [-0.39, 0.29) is 29.8 Å². The van der Waals surface area contributed by atoms with Crippen molar-refractivity contribution in [3.05, 3.63) is 24.3 Å². The number of hydrogen-bond acceptors (Lipinski definition) is 3. The van der Waals surface area contributed by atoms with Crippen molar-refractivity contribution in [1.29, 1.82) is 0 Å². The summed E-state index contributed by atoms with van der Waals surface area (Å²) in [5.41, 5.74) is 0.672. The lowest BCUT2D eigenvalue weighted by Gasteiger charge is -2.30. The fraction of sp³-hybridized carbons (Fsp3) is 0.600. The number of carbonyl (C=O) groups is 2. The summed E-state index contributed by atoms with van der Waals surface area (Å²) in [6.07, 6.45) is 2.82. The van der Waals surface area contributed by atoms with E-state index in [1.165, 1.54) is 0 Å². The maximum Gasteiger partial charge on any atom is 0.228 e. The van der Waals surface area contributed by atoms with Gasteiger partial charge in [-0.1, -0.05) is 19.1 Å². The molecule has 1 aromatic carbocycles. The van der Waals surface area contributed by atoms with Gasteiger partial charge in [0.1, 0.15) is 5.75 Å². The lowest BCUT2D eigenvalue weighted by atomic mass is 9.99. The van der Waals surface area contributed by atoms with Crippen LogP contribution in [0.3, 0.4) is 0 Å². The number of nitrogens with zero attached hydrogens (tertiary/aromatic N) is 1. The number of hydrogen-bond donors (Lipinski definition) is 1. The average Bonchev–Trinajstić information content (AvgIpc) is 3.37. The van der Waals surface area contributed by atoms with Crippen LogP contribution in [0.2, 0.25) is 0 Å². The zero-order valence-corrected chi connectivity index (χ0v) is 15.3. The molecule has 0 aromatic heterocycles. The fourth-order valence-corrected chi connectivity index (χ4v) is 3.37. The molecule has 5 nitrogen and oxygen atoms in total. The number of nitrogens with one attached hydrogen (secondary N) is 1. The lowest BCUT2D eigenvalue weighted by Crippen LogP contribution is -2.39. The zero-order chi connectivity index (χ0) is 18.0. The number of amides is 2. The molecule has 3 rings (SSSR count). The Morgan fingerprint density at radius 1 is 1.16 bits per heavy atom. The van der Waals surface area contributed by atoms with Crippen LogP contribution in [0.1, 0.15) is 40.0 Å². The first-order valence-corrected chi connectivity index (χ1v) is 9.31. The van der Waals surface area contributed by atoms with Crippen LogP contribution in [-0.4, -0.2) is 35.9 Å². The van der Waals surface area contributed by atoms with Gasteiger partial charge in [-0.3, -0.25) is 9.59 Å². The van der Waals surface area contributed by atoms with Crippen molar-refractivity contribution in [3.63, 3.8) is 0 Å². The summed E-state index contributed by atoms with van der Waals surface area (Å²) in [6, 6.07) is 7.43. The molecular weight excluding hydrogens is 316 g/mol. The maximum absolute atomic E-state index is 12.6. The Hall–Kier alpha value is -2.04. The minimum Gasteiger partial charge on any atom is -0.489 e. The van der Waals surface area contributed by atoms with Crippen molar-refractivity contribution >= 4 is 17.5 Å². The molecule has 25 heavy (non-hydrogen) atoms. The van der Waals surface area contributed by atoms with Crippen LogP contribution in [0.5, 0.6) is 5.75 Å². The molecule has 1 aliphatic heterocycles. The van der Waals surface area contributed by atoms with E-state index < -0.39 is 0 Å². The maximum atomic E-state index is 12.6. The summed E-state index contributed by atoms with van der Waals surface area (Å²) in [5, 5.41) is 2.94. The number of rotatable bonds is 5. The van der Waals surface area contributed by atoms with Crippen molar-refractivity contribution in [2.75, 3.05) is 18.4 Å². The number of anilines is 1. The molecule has 1 aliphatic carbocycles. The summed E-state index contributed by atoms with van der Waals surface area (Å²) in [7, 11) is 0. The van der Waals surface area contributed by atoms with Gasteiger partial charge in [-0.2, -0.15) is 0 Å². The molecule has 2 fully saturated rings. The highest BCUT2D eigenvalue weighted by Crippen LogP contribution is 2.42. The molecule has 1 aromatic rings. The number of benzene rings is 1. The summed E-state index contributed by atoms with van der Waals surface area (Å²) in [5.74, 6) is 1.08. The number of likely N-dealkylation sites (tertiary alicyclic amines) is 1. The van der Waals surface area contributed by atoms with Crippen molar-refractivity contribution in [2.24, 2.45) is 17.8 Å². The summed E-state index contributed by atoms with van der Waals surface area (Å²) in [4.78, 5) is 27.0. The van der Waals surface area contributed by atoms with Crippen LogP contribution in [-0.2, 0) is 9.59 Å². The van der Waals surface area contributed by atoms with Gasteiger partial charge in [-0.25, -0.2) is 0 Å². The normalized spacial score (nSPS) is 23.4. The average molecular weight is 344 g/mol. The van der Waals surface area contributed by atoms with E-state index in [0.29, 0.717) is 23.8 Å². The first kappa shape index (κ1) is 17.8. The highest BCUT2D eigenvalue weighted by atomic mass is 16.5. The molecule has 0 radical (unpaired) electrons. The molecule has 2 unspecified atom stereocenters. The van der Waals surface area contributed by atoms with E-state index in [1.807, 2.05) is 43.0 Å². The monoisotopic (exact) mass is 344 g/mol. The Bertz CT molecular complexity index is 636. The molecule has 1 saturated heterocycles. The van der Waals surface area contributed by atoms with E-state index in [0.717, 1.165) is 25.9 Å². The van der Waals surface area contributed by atoms with Gasteiger partial charge in [0.25, 0.3) is 0 Å². The number of para-hydroxylation sites is 2. The minimum atomic E-state index is -0.209. The van der Waals surface area contributed by atoms with Gasteiger partial charge in [0.05, 0.1) is 23.6 Å². The van der Waals surface area contributed by atoms with Crippen LogP contribution in [0.25, 0.3) is 0 Å². The van der Waals surface area contributed by atoms with Gasteiger partial charge in [-0.05, 0) is 51.2 Å². The number of piperidine rings is 1. The van der Waals surface area contributed by atoms with E-state index in [1.54, 1.807) is 0 Å². The van der Waals surface area contributed by atoms with E-state index in [4.69, 9.17) is 4.74 Å². The van der Waals surface area contributed by atoms with Crippen molar-refractivity contribution in [2.45, 2.75) is 46.1 Å². The minimum absolute atomic E-state index is 0.0368. The van der Waals surface area contributed by atoms with E-state index >= 15 is 0 Å². The molecule has 1 saturated carbocycles. The summed E-state index contributed by atoms with van der Waals surface area (Å²) in [6.45, 7) is 7.79. The second-order valence-corrected chi connectivity index (χ2v) is 7.61. The molecule has 0 spiro atoms. The molecule has 2 amide bonds. The van der Waals surface area contributed by atoms with Gasteiger partial charge in [-0.15, -0.1) is 0 Å². The number of ether oxygens (including phenoxy) is 1. The standard InChI is InChI=1S/C20H28N2O3/c1-13(2)25-18-7-5-4-6-17(18)21-19(23)15-12-16(15)20(24)22-10-8-14(3)9-11-22/h4-7,13-16H,8-12H2,1-3H3,(H,21,23). The largest absolute Gasteiger partial charge is 0.489 e. The second-order valence-electron chi connectivity index (χ2n) is 7.61. The quantitative estimate of drug-likeness (QED) is 0.891. The van der Waals surface area contributed by atoms with Gasteiger partial charge in [0, 0.05) is 13.1 Å². The Labute approximate surface area is 149 Å². The third-order valence-electron chi connectivity index (χ3n) is 5.05. The molecule has 2 aliphatic rings. The highest BCUT2D eigenvalue weighted by Gasteiger charge is 2.49. The van der Waals surface area contributed by atoms with Gasteiger partial charge >= 0.3 is 0 Å². The lowest BCUT2D eigenvalue weighted by molar-refractivity contribution is -0.135. The Kier molecular flexibility index (Phi) is 5.30. The SMILES string of the molecule is CC1CCN(C(=O)C2CC2C(=O)Nc2ccccc2OC(C)C)CC1. The molecule has 5 heteroatoms.